The summed E-state index contributed by atoms with van der Waals surface area (Å²) in [7, 11) is 1.63. The molecule has 2 aromatic rings. The van der Waals surface area contributed by atoms with E-state index in [1.165, 1.54) is 11.3 Å². The van der Waals surface area contributed by atoms with E-state index in [-0.39, 0.29) is 17.9 Å². The van der Waals surface area contributed by atoms with E-state index in [1.807, 2.05) is 41.5 Å². The number of benzene rings is 1. The van der Waals surface area contributed by atoms with Crippen LogP contribution in [-0.4, -0.2) is 34.6 Å². The van der Waals surface area contributed by atoms with Crippen molar-refractivity contribution in [1.29, 1.82) is 0 Å². The highest BCUT2D eigenvalue weighted by atomic mass is 32.1. The Morgan fingerprint density at radius 2 is 2.12 bits per heavy atom. The summed E-state index contributed by atoms with van der Waals surface area (Å²) >= 11 is 1.42. The molecular weight excluding hydrogens is 324 g/mol. The quantitative estimate of drug-likeness (QED) is 0.904. The van der Waals surface area contributed by atoms with Gasteiger partial charge in [-0.3, -0.25) is 4.79 Å². The lowest BCUT2D eigenvalue weighted by atomic mass is 9.89. The fraction of sp³-hybridized carbons (Fsp3) is 0.444. The van der Waals surface area contributed by atoms with Crippen molar-refractivity contribution in [2.24, 2.45) is 5.92 Å². The van der Waals surface area contributed by atoms with Gasteiger partial charge in [-0.1, -0.05) is 12.1 Å². The SMILES string of the molecule is COc1ccc([C@H](C)N2C[C@H]([C@](C)(O)c3nccs3)CC2=O)cc1. The van der Waals surface area contributed by atoms with Crippen LogP contribution in [0.3, 0.4) is 0 Å². The Labute approximate surface area is 145 Å². The number of thiazole rings is 1. The predicted molar refractivity (Wildman–Crippen MR) is 92.9 cm³/mol. The Hall–Kier alpha value is -1.92. The first-order valence-corrected chi connectivity index (χ1v) is 8.87. The van der Waals surface area contributed by atoms with Gasteiger partial charge >= 0.3 is 0 Å². The average molecular weight is 346 g/mol. The van der Waals surface area contributed by atoms with Crippen LogP contribution in [0.4, 0.5) is 0 Å². The number of hydrogen-bond acceptors (Lipinski definition) is 5. The first-order chi connectivity index (χ1) is 11.4. The monoisotopic (exact) mass is 346 g/mol. The number of likely N-dealkylation sites (tertiary alicyclic amines) is 1. The molecule has 128 valence electrons. The first kappa shape index (κ1) is 16.9. The molecule has 24 heavy (non-hydrogen) atoms. The summed E-state index contributed by atoms with van der Waals surface area (Å²) in [6, 6.07) is 7.71. The van der Waals surface area contributed by atoms with Crippen molar-refractivity contribution in [2.45, 2.75) is 31.9 Å². The highest BCUT2D eigenvalue weighted by Crippen LogP contribution is 2.39. The van der Waals surface area contributed by atoms with Gasteiger partial charge < -0.3 is 14.7 Å². The van der Waals surface area contributed by atoms with Crippen molar-refractivity contribution >= 4 is 17.2 Å². The third kappa shape index (κ3) is 3.03. The summed E-state index contributed by atoms with van der Waals surface area (Å²) in [6.45, 7) is 4.30. The standard InChI is InChI=1S/C18H22N2O3S/c1-12(13-4-6-15(23-3)7-5-13)20-11-14(10-16(20)21)18(2,22)17-19-8-9-24-17/h4-9,12,14,22H,10-11H2,1-3H3/t12-,14+,18-/m0/s1. The minimum Gasteiger partial charge on any atom is -0.497 e. The van der Waals surface area contributed by atoms with E-state index in [0.717, 1.165) is 11.3 Å². The summed E-state index contributed by atoms with van der Waals surface area (Å²) in [5, 5.41) is 13.4. The van der Waals surface area contributed by atoms with Crippen LogP contribution < -0.4 is 4.74 Å². The molecule has 1 aliphatic rings. The Morgan fingerprint density at radius 3 is 2.71 bits per heavy atom. The van der Waals surface area contributed by atoms with E-state index in [0.29, 0.717) is 18.0 Å². The lowest BCUT2D eigenvalue weighted by molar-refractivity contribution is -0.129. The molecule has 0 bridgehead atoms. The smallest absolute Gasteiger partial charge is 0.223 e. The molecule has 3 rings (SSSR count). The van der Waals surface area contributed by atoms with Gasteiger partial charge in [-0.15, -0.1) is 11.3 Å². The predicted octanol–water partition coefficient (Wildman–Crippen LogP) is 2.97. The molecule has 2 heterocycles. The van der Waals surface area contributed by atoms with Crippen molar-refractivity contribution in [3.05, 3.63) is 46.4 Å². The molecule has 1 aliphatic heterocycles. The molecule has 6 heteroatoms. The summed E-state index contributed by atoms with van der Waals surface area (Å²) in [4.78, 5) is 18.6. The highest BCUT2D eigenvalue weighted by Gasteiger charge is 2.44. The van der Waals surface area contributed by atoms with Crippen molar-refractivity contribution in [2.75, 3.05) is 13.7 Å². The molecule has 1 aromatic heterocycles. The van der Waals surface area contributed by atoms with E-state index in [9.17, 15) is 9.90 Å². The maximum Gasteiger partial charge on any atom is 0.223 e. The van der Waals surface area contributed by atoms with Gasteiger partial charge in [0.2, 0.25) is 5.91 Å². The van der Waals surface area contributed by atoms with Gasteiger partial charge in [0, 0.05) is 30.5 Å². The molecule has 1 saturated heterocycles. The molecule has 0 spiro atoms. The number of carbonyl (C=O) groups excluding carboxylic acids is 1. The van der Waals surface area contributed by atoms with Gasteiger partial charge in [-0.2, -0.15) is 0 Å². The average Bonchev–Trinajstić information content (AvgIpc) is 3.24. The maximum absolute atomic E-state index is 12.5. The second-order valence-electron chi connectivity index (χ2n) is 6.38. The number of rotatable bonds is 5. The molecule has 1 N–H and O–H groups in total. The molecule has 0 radical (unpaired) electrons. The molecule has 1 aromatic carbocycles. The lowest BCUT2D eigenvalue weighted by Crippen LogP contribution is -2.35. The highest BCUT2D eigenvalue weighted by molar-refractivity contribution is 7.09. The summed E-state index contributed by atoms with van der Waals surface area (Å²) in [6.07, 6.45) is 2.02. The molecule has 1 amide bonds. The molecule has 0 aliphatic carbocycles. The van der Waals surface area contributed by atoms with Crippen LogP contribution in [0.5, 0.6) is 5.75 Å². The number of aromatic nitrogens is 1. The Balaban J connectivity index is 1.76. The first-order valence-electron chi connectivity index (χ1n) is 7.99. The van der Waals surface area contributed by atoms with Crippen LogP contribution in [0.15, 0.2) is 35.8 Å². The van der Waals surface area contributed by atoms with Crippen molar-refractivity contribution in [3.63, 3.8) is 0 Å². The Kier molecular flexibility index (Phi) is 4.60. The molecule has 5 nitrogen and oxygen atoms in total. The second kappa shape index (κ2) is 6.53. The third-order valence-electron chi connectivity index (χ3n) is 4.88. The summed E-state index contributed by atoms with van der Waals surface area (Å²) in [5.74, 6) is 0.709. The second-order valence-corrected chi connectivity index (χ2v) is 7.28. The fourth-order valence-electron chi connectivity index (χ4n) is 3.19. The normalized spacial score (nSPS) is 21.6. The molecule has 3 atom stereocenters. The molecule has 1 fully saturated rings. The van der Waals surface area contributed by atoms with Crippen LogP contribution in [0.2, 0.25) is 0 Å². The topological polar surface area (TPSA) is 62.7 Å². The molecule has 0 saturated carbocycles. The van der Waals surface area contributed by atoms with E-state index in [2.05, 4.69) is 4.98 Å². The number of hydrogen-bond donors (Lipinski definition) is 1. The number of aliphatic hydroxyl groups is 1. The van der Waals surface area contributed by atoms with Gasteiger partial charge in [-0.25, -0.2) is 4.98 Å². The van der Waals surface area contributed by atoms with Crippen molar-refractivity contribution in [3.8, 4) is 5.75 Å². The van der Waals surface area contributed by atoms with E-state index in [4.69, 9.17) is 4.74 Å². The number of nitrogens with zero attached hydrogens (tertiary/aromatic N) is 2. The third-order valence-corrected chi connectivity index (χ3v) is 5.88. The Morgan fingerprint density at radius 1 is 1.42 bits per heavy atom. The maximum atomic E-state index is 12.5. The minimum atomic E-state index is -1.09. The lowest BCUT2D eigenvalue weighted by Gasteiger charge is -2.29. The zero-order chi connectivity index (χ0) is 17.3. The minimum absolute atomic E-state index is 0.0412. The van der Waals surface area contributed by atoms with Crippen LogP contribution >= 0.6 is 11.3 Å². The number of amides is 1. The van der Waals surface area contributed by atoms with Crippen LogP contribution in [0.25, 0.3) is 0 Å². The van der Waals surface area contributed by atoms with Gasteiger partial charge in [0.1, 0.15) is 16.4 Å². The van der Waals surface area contributed by atoms with Crippen molar-refractivity contribution < 1.29 is 14.6 Å². The number of carbonyl (C=O) groups is 1. The summed E-state index contributed by atoms with van der Waals surface area (Å²) in [5.41, 5.74) is -0.0308. The number of methoxy groups -OCH3 is 1. The van der Waals surface area contributed by atoms with Gasteiger partial charge in [0.05, 0.1) is 13.2 Å². The number of ether oxygens (including phenoxy) is 1. The fourth-order valence-corrected chi connectivity index (χ4v) is 3.97. The molecular formula is C18H22N2O3S. The largest absolute Gasteiger partial charge is 0.497 e. The van der Waals surface area contributed by atoms with E-state index >= 15 is 0 Å². The van der Waals surface area contributed by atoms with Gasteiger partial charge in [0.25, 0.3) is 0 Å². The Bertz CT molecular complexity index is 698. The van der Waals surface area contributed by atoms with Crippen LogP contribution in [0, 0.1) is 5.92 Å². The van der Waals surface area contributed by atoms with Gasteiger partial charge in [-0.05, 0) is 31.5 Å². The van der Waals surface area contributed by atoms with E-state index in [1.54, 1.807) is 20.2 Å². The van der Waals surface area contributed by atoms with Crippen LogP contribution in [0.1, 0.15) is 36.9 Å². The van der Waals surface area contributed by atoms with Crippen molar-refractivity contribution in [1.82, 2.24) is 9.88 Å². The van der Waals surface area contributed by atoms with Gasteiger partial charge in [0.15, 0.2) is 0 Å². The van der Waals surface area contributed by atoms with Crippen LogP contribution in [-0.2, 0) is 10.4 Å². The molecule has 0 unspecified atom stereocenters. The summed E-state index contributed by atoms with van der Waals surface area (Å²) < 4.78 is 5.18. The van der Waals surface area contributed by atoms with E-state index < -0.39 is 5.60 Å². The zero-order valence-corrected chi connectivity index (χ0v) is 14.9. The zero-order valence-electron chi connectivity index (χ0n) is 14.1.